The van der Waals surface area contributed by atoms with Gasteiger partial charge in [-0.05, 0) is 36.4 Å². The van der Waals surface area contributed by atoms with E-state index in [1.807, 2.05) is 0 Å². The molecule has 0 amide bonds. The maximum absolute atomic E-state index is 12.1. The van der Waals surface area contributed by atoms with Crippen molar-refractivity contribution >= 4 is 10.0 Å². The first-order valence-corrected chi connectivity index (χ1v) is 7.65. The second-order valence-electron chi connectivity index (χ2n) is 4.07. The number of nitrogens with two attached hydrogens (primary N) is 1. The molecule has 1 aromatic heterocycles. The third kappa shape index (κ3) is 4.36. The van der Waals surface area contributed by atoms with Crippen molar-refractivity contribution in [2.75, 3.05) is 6.54 Å². The van der Waals surface area contributed by atoms with Gasteiger partial charge in [0, 0.05) is 11.8 Å². The maximum Gasteiger partial charge on any atom is 0.240 e. The molecule has 6 nitrogen and oxygen atoms in total. The Morgan fingerprint density at radius 3 is 2.57 bits per heavy atom. The molecule has 0 spiro atoms. The molecule has 108 valence electrons. The van der Waals surface area contributed by atoms with Crippen LogP contribution in [0.15, 0.2) is 47.5 Å². The quantitative estimate of drug-likeness (QED) is 0.790. The van der Waals surface area contributed by atoms with Crippen LogP contribution < -0.4 is 10.5 Å². The van der Waals surface area contributed by atoms with Crippen LogP contribution in [-0.2, 0) is 16.6 Å². The number of aromatic nitrogens is 2. The molecular formula is C14H14N4O2S. The van der Waals surface area contributed by atoms with Crippen molar-refractivity contribution < 1.29 is 8.42 Å². The van der Waals surface area contributed by atoms with E-state index in [0.29, 0.717) is 11.3 Å². The lowest BCUT2D eigenvalue weighted by Gasteiger charge is -2.06. The predicted octanol–water partition coefficient (Wildman–Crippen LogP) is 0.265. The van der Waals surface area contributed by atoms with Gasteiger partial charge in [0.2, 0.25) is 10.0 Å². The Bertz CT molecular complexity index is 747. The zero-order valence-electron chi connectivity index (χ0n) is 11.2. The standard InChI is InChI=1S/C14H14N4O2S/c15-9-1-3-12-5-7-14(8-6-12)21(19,20)17-11-13-4-2-10-16-18-13/h2,4-8,10,17H,9,11,15H2. The van der Waals surface area contributed by atoms with E-state index in [4.69, 9.17) is 5.73 Å². The van der Waals surface area contributed by atoms with Gasteiger partial charge in [0.25, 0.3) is 0 Å². The van der Waals surface area contributed by atoms with Gasteiger partial charge in [0.15, 0.2) is 0 Å². The highest BCUT2D eigenvalue weighted by molar-refractivity contribution is 7.89. The van der Waals surface area contributed by atoms with Crippen LogP contribution in [0.4, 0.5) is 0 Å². The minimum atomic E-state index is -3.59. The summed E-state index contributed by atoms with van der Waals surface area (Å²) in [6.45, 7) is 0.352. The summed E-state index contributed by atoms with van der Waals surface area (Å²) in [4.78, 5) is 0.171. The number of sulfonamides is 1. The molecule has 1 heterocycles. The number of hydrogen-bond donors (Lipinski definition) is 2. The van der Waals surface area contributed by atoms with Crippen LogP contribution in [0.5, 0.6) is 0 Å². The molecule has 2 rings (SSSR count). The van der Waals surface area contributed by atoms with Gasteiger partial charge >= 0.3 is 0 Å². The van der Waals surface area contributed by atoms with Crippen molar-refractivity contribution in [3.8, 4) is 11.8 Å². The molecule has 1 aromatic carbocycles. The third-order valence-corrected chi connectivity index (χ3v) is 3.99. The van der Waals surface area contributed by atoms with Crippen LogP contribution in [0.25, 0.3) is 0 Å². The maximum atomic E-state index is 12.1. The lowest BCUT2D eigenvalue weighted by Crippen LogP contribution is -2.23. The van der Waals surface area contributed by atoms with Crippen molar-refractivity contribution in [1.29, 1.82) is 0 Å². The van der Waals surface area contributed by atoms with Crippen LogP contribution in [-0.4, -0.2) is 25.2 Å². The summed E-state index contributed by atoms with van der Waals surface area (Å²) >= 11 is 0. The van der Waals surface area contributed by atoms with Gasteiger partial charge in [0.1, 0.15) is 0 Å². The van der Waals surface area contributed by atoms with Crippen molar-refractivity contribution in [2.45, 2.75) is 11.4 Å². The molecule has 0 fully saturated rings. The largest absolute Gasteiger partial charge is 0.320 e. The smallest absolute Gasteiger partial charge is 0.240 e. The fraction of sp³-hybridized carbons (Fsp3) is 0.143. The zero-order valence-corrected chi connectivity index (χ0v) is 12.0. The van der Waals surface area contributed by atoms with E-state index in [-0.39, 0.29) is 18.0 Å². The first-order valence-electron chi connectivity index (χ1n) is 6.17. The lowest BCUT2D eigenvalue weighted by atomic mass is 10.2. The molecule has 0 atom stereocenters. The fourth-order valence-corrected chi connectivity index (χ4v) is 2.55. The monoisotopic (exact) mass is 302 g/mol. The SMILES string of the molecule is NCC#Cc1ccc(S(=O)(=O)NCc2cccnn2)cc1. The average molecular weight is 302 g/mol. The summed E-state index contributed by atoms with van der Waals surface area (Å²) in [6.07, 6.45) is 1.53. The highest BCUT2D eigenvalue weighted by Gasteiger charge is 2.13. The van der Waals surface area contributed by atoms with Crippen LogP contribution in [0.2, 0.25) is 0 Å². The molecule has 7 heteroatoms. The normalized spacial score (nSPS) is 10.7. The van der Waals surface area contributed by atoms with E-state index < -0.39 is 10.0 Å². The van der Waals surface area contributed by atoms with Crippen LogP contribution >= 0.6 is 0 Å². The van der Waals surface area contributed by atoms with Crippen molar-refractivity contribution in [3.05, 3.63) is 53.9 Å². The van der Waals surface area contributed by atoms with E-state index in [9.17, 15) is 8.42 Å². The Morgan fingerprint density at radius 2 is 1.95 bits per heavy atom. The zero-order chi connectivity index (χ0) is 15.1. The van der Waals surface area contributed by atoms with E-state index >= 15 is 0 Å². The van der Waals surface area contributed by atoms with Gasteiger partial charge < -0.3 is 5.73 Å². The van der Waals surface area contributed by atoms with Crippen molar-refractivity contribution in [2.24, 2.45) is 5.73 Å². The Kier molecular flexibility index (Phi) is 5.00. The highest BCUT2D eigenvalue weighted by atomic mass is 32.2. The molecule has 0 saturated carbocycles. The van der Waals surface area contributed by atoms with Crippen LogP contribution in [0, 0.1) is 11.8 Å². The fourth-order valence-electron chi connectivity index (χ4n) is 1.55. The molecular weight excluding hydrogens is 288 g/mol. The van der Waals surface area contributed by atoms with Crippen molar-refractivity contribution in [3.63, 3.8) is 0 Å². The number of nitrogens with zero attached hydrogens (tertiary/aromatic N) is 2. The summed E-state index contributed by atoms with van der Waals surface area (Å²) in [6, 6.07) is 9.67. The first kappa shape index (κ1) is 15.1. The van der Waals surface area contributed by atoms with Crippen LogP contribution in [0.3, 0.4) is 0 Å². The van der Waals surface area contributed by atoms with E-state index in [2.05, 4.69) is 26.8 Å². The summed E-state index contributed by atoms with van der Waals surface area (Å²) in [5, 5.41) is 7.50. The first-order chi connectivity index (χ1) is 10.1. The van der Waals surface area contributed by atoms with Gasteiger partial charge in [-0.25, -0.2) is 13.1 Å². The molecule has 0 aliphatic rings. The topological polar surface area (TPSA) is 98.0 Å². The van der Waals surface area contributed by atoms with Crippen molar-refractivity contribution in [1.82, 2.24) is 14.9 Å². The number of benzene rings is 1. The van der Waals surface area contributed by atoms with Crippen LogP contribution in [0.1, 0.15) is 11.3 Å². The Labute approximate surface area is 123 Å². The minimum Gasteiger partial charge on any atom is -0.320 e. The van der Waals surface area contributed by atoms with Gasteiger partial charge in [0.05, 0.1) is 23.7 Å². The summed E-state index contributed by atoms with van der Waals surface area (Å²) < 4.78 is 26.7. The Hall–Kier alpha value is -2.27. The minimum absolute atomic E-state index is 0.0882. The Balaban J connectivity index is 2.09. The molecule has 0 radical (unpaired) electrons. The summed E-state index contributed by atoms with van der Waals surface area (Å²) in [5.74, 6) is 5.54. The van der Waals surface area contributed by atoms with Gasteiger partial charge in [-0.1, -0.05) is 11.8 Å². The molecule has 0 aliphatic carbocycles. The number of rotatable bonds is 4. The predicted molar refractivity (Wildman–Crippen MR) is 78.4 cm³/mol. The van der Waals surface area contributed by atoms with Gasteiger partial charge in [-0.3, -0.25) is 0 Å². The average Bonchev–Trinajstić information content (AvgIpc) is 2.52. The molecule has 0 saturated heterocycles. The Morgan fingerprint density at radius 1 is 1.19 bits per heavy atom. The van der Waals surface area contributed by atoms with E-state index in [1.54, 1.807) is 24.3 Å². The molecule has 0 aliphatic heterocycles. The molecule has 0 bridgehead atoms. The van der Waals surface area contributed by atoms with Gasteiger partial charge in [-0.15, -0.1) is 0 Å². The summed E-state index contributed by atoms with van der Waals surface area (Å²) in [7, 11) is -3.59. The number of hydrogen-bond acceptors (Lipinski definition) is 5. The lowest BCUT2D eigenvalue weighted by molar-refractivity contribution is 0.580. The summed E-state index contributed by atoms with van der Waals surface area (Å²) in [5.41, 5.74) is 6.54. The van der Waals surface area contributed by atoms with E-state index in [1.165, 1.54) is 18.3 Å². The molecule has 0 unspecified atom stereocenters. The third-order valence-electron chi connectivity index (χ3n) is 2.57. The molecule has 21 heavy (non-hydrogen) atoms. The molecule has 2 aromatic rings. The van der Waals surface area contributed by atoms with E-state index in [0.717, 1.165) is 0 Å². The highest BCUT2D eigenvalue weighted by Crippen LogP contribution is 2.10. The second-order valence-corrected chi connectivity index (χ2v) is 5.84. The molecule has 3 N–H and O–H groups in total. The number of nitrogens with one attached hydrogen (secondary N) is 1. The van der Waals surface area contributed by atoms with Gasteiger partial charge in [-0.2, -0.15) is 10.2 Å². The second kappa shape index (κ2) is 6.95.